The first kappa shape index (κ1) is 10.3. The van der Waals surface area contributed by atoms with Crippen molar-refractivity contribution in [2.45, 2.75) is 12.8 Å². The number of nitrogens with one attached hydrogen (secondary N) is 1. The van der Waals surface area contributed by atoms with Gasteiger partial charge in [-0.1, -0.05) is 12.1 Å². The maximum absolute atomic E-state index is 5.21. The number of hydrogen-bond acceptors (Lipinski definition) is 5. The van der Waals surface area contributed by atoms with Crippen molar-refractivity contribution in [1.82, 2.24) is 15.5 Å². The van der Waals surface area contributed by atoms with Crippen LogP contribution in [0.3, 0.4) is 0 Å². The highest BCUT2D eigenvalue weighted by molar-refractivity contribution is 7.08. The molecule has 0 aromatic carbocycles. The van der Waals surface area contributed by atoms with Gasteiger partial charge in [-0.3, -0.25) is 0 Å². The maximum Gasteiger partial charge on any atom is 0.231 e. The smallest absolute Gasteiger partial charge is 0.231 e. The third kappa shape index (κ3) is 2.24. The van der Waals surface area contributed by atoms with Gasteiger partial charge < -0.3 is 9.84 Å². The van der Waals surface area contributed by atoms with Crippen molar-refractivity contribution < 1.29 is 4.52 Å². The lowest BCUT2D eigenvalue weighted by atomic mass is 10.2. The number of likely N-dealkylation sites (N-methyl/N-ethyl adjacent to an activating group) is 1. The molecule has 1 atom stereocenters. The molecule has 0 saturated carbocycles. The van der Waals surface area contributed by atoms with Crippen molar-refractivity contribution in [3.8, 4) is 11.4 Å². The summed E-state index contributed by atoms with van der Waals surface area (Å²) in [7, 11) is 1.91. The van der Waals surface area contributed by atoms with E-state index in [0.29, 0.717) is 11.7 Å². The molecule has 0 saturated heterocycles. The van der Waals surface area contributed by atoms with E-state index in [4.69, 9.17) is 4.52 Å². The van der Waals surface area contributed by atoms with E-state index in [0.717, 1.165) is 12.1 Å². The lowest BCUT2D eigenvalue weighted by Crippen LogP contribution is -2.14. The van der Waals surface area contributed by atoms with Gasteiger partial charge in [0, 0.05) is 23.4 Å². The van der Waals surface area contributed by atoms with Crippen LogP contribution in [0.4, 0.5) is 0 Å². The Bertz CT molecular complexity index is 410. The predicted molar refractivity (Wildman–Crippen MR) is 60.0 cm³/mol. The standard InChI is InChI=1S/C10H13N3OS/c1-7(5-11-2)10-12-9(13-14-10)8-3-4-15-6-8/h3-4,6-7,11H,5H2,1-2H3. The molecule has 2 rings (SSSR count). The Kier molecular flexibility index (Phi) is 3.13. The molecule has 2 heterocycles. The van der Waals surface area contributed by atoms with Gasteiger partial charge in [-0.05, 0) is 18.5 Å². The number of hydrogen-bond donors (Lipinski definition) is 1. The molecule has 2 aromatic rings. The molecule has 80 valence electrons. The van der Waals surface area contributed by atoms with Gasteiger partial charge in [-0.25, -0.2) is 0 Å². The fraction of sp³-hybridized carbons (Fsp3) is 0.400. The van der Waals surface area contributed by atoms with Gasteiger partial charge in [0.2, 0.25) is 11.7 Å². The highest BCUT2D eigenvalue weighted by Crippen LogP contribution is 2.21. The summed E-state index contributed by atoms with van der Waals surface area (Å²) >= 11 is 1.63. The Morgan fingerprint density at radius 3 is 3.13 bits per heavy atom. The van der Waals surface area contributed by atoms with E-state index in [2.05, 4.69) is 22.4 Å². The number of thiophene rings is 1. The zero-order valence-corrected chi connectivity index (χ0v) is 9.54. The molecule has 4 nitrogen and oxygen atoms in total. The zero-order chi connectivity index (χ0) is 10.7. The molecule has 0 aliphatic rings. The minimum atomic E-state index is 0.245. The van der Waals surface area contributed by atoms with E-state index in [1.807, 2.05) is 23.9 Å². The SMILES string of the molecule is CNCC(C)c1nc(-c2ccsc2)no1. The van der Waals surface area contributed by atoms with Crippen molar-refractivity contribution in [2.24, 2.45) is 0 Å². The van der Waals surface area contributed by atoms with E-state index < -0.39 is 0 Å². The average molecular weight is 223 g/mol. The molecule has 0 amide bonds. The molecule has 0 spiro atoms. The lowest BCUT2D eigenvalue weighted by Gasteiger charge is -2.02. The fourth-order valence-corrected chi connectivity index (χ4v) is 1.97. The first-order chi connectivity index (χ1) is 7.31. The van der Waals surface area contributed by atoms with Gasteiger partial charge in [0.05, 0.1) is 0 Å². The second-order valence-electron chi connectivity index (χ2n) is 3.43. The van der Waals surface area contributed by atoms with Crippen LogP contribution < -0.4 is 5.32 Å². The monoisotopic (exact) mass is 223 g/mol. The molecule has 1 N–H and O–H groups in total. The van der Waals surface area contributed by atoms with Gasteiger partial charge in [0.25, 0.3) is 0 Å². The van der Waals surface area contributed by atoms with Crippen molar-refractivity contribution in [2.75, 3.05) is 13.6 Å². The largest absolute Gasteiger partial charge is 0.339 e. The molecule has 0 aliphatic carbocycles. The molecule has 15 heavy (non-hydrogen) atoms. The Morgan fingerprint density at radius 2 is 2.47 bits per heavy atom. The summed E-state index contributed by atoms with van der Waals surface area (Å²) in [5.74, 6) is 1.61. The van der Waals surface area contributed by atoms with Crippen LogP contribution >= 0.6 is 11.3 Å². The Balaban J connectivity index is 2.17. The van der Waals surface area contributed by atoms with Crippen molar-refractivity contribution >= 4 is 11.3 Å². The third-order valence-electron chi connectivity index (χ3n) is 2.15. The molecule has 2 aromatic heterocycles. The van der Waals surface area contributed by atoms with E-state index in [1.165, 1.54) is 0 Å². The first-order valence-corrected chi connectivity index (χ1v) is 5.76. The zero-order valence-electron chi connectivity index (χ0n) is 8.73. The molecule has 1 unspecified atom stereocenters. The van der Waals surface area contributed by atoms with E-state index in [1.54, 1.807) is 11.3 Å². The first-order valence-electron chi connectivity index (χ1n) is 4.82. The van der Waals surface area contributed by atoms with Crippen LogP contribution in [-0.2, 0) is 0 Å². The van der Waals surface area contributed by atoms with Crippen LogP contribution in [0.15, 0.2) is 21.3 Å². The highest BCUT2D eigenvalue weighted by Gasteiger charge is 2.14. The average Bonchev–Trinajstić information content (AvgIpc) is 2.89. The van der Waals surface area contributed by atoms with Gasteiger partial charge >= 0.3 is 0 Å². The Hall–Kier alpha value is -1.20. The Labute approximate surface area is 92.3 Å². The second kappa shape index (κ2) is 4.55. The number of aromatic nitrogens is 2. The number of rotatable bonds is 4. The molecule has 0 aliphatic heterocycles. The third-order valence-corrected chi connectivity index (χ3v) is 2.84. The molecular formula is C10H13N3OS. The normalized spacial score (nSPS) is 12.9. The number of nitrogens with zero attached hydrogens (tertiary/aromatic N) is 2. The van der Waals surface area contributed by atoms with Gasteiger partial charge in [-0.2, -0.15) is 16.3 Å². The summed E-state index contributed by atoms with van der Waals surface area (Å²) in [5, 5.41) is 11.1. The van der Waals surface area contributed by atoms with Gasteiger partial charge in [0.15, 0.2) is 0 Å². The van der Waals surface area contributed by atoms with E-state index in [-0.39, 0.29) is 5.92 Å². The molecular weight excluding hydrogens is 210 g/mol. The highest BCUT2D eigenvalue weighted by atomic mass is 32.1. The van der Waals surface area contributed by atoms with E-state index >= 15 is 0 Å². The molecule has 0 radical (unpaired) electrons. The summed E-state index contributed by atoms with van der Waals surface area (Å²) in [6, 6.07) is 1.99. The van der Waals surface area contributed by atoms with Crippen LogP contribution in [0.5, 0.6) is 0 Å². The van der Waals surface area contributed by atoms with Crippen LogP contribution in [-0.4, -0.2) is 23.7 Å². The topological polar surface area (TPSA) is 51.0 Å². The lowest BCUT2D eigenvalue weighted by molar-refractivity contribution is 0.357. The molecule has 5 heteroatoms. The van der Waals surface area contributed by atoms with Crippen LogP contribution in [0.2, 0.25) is 0 Å². The summed E-state index contributed by atoms with van der Waals surface area (Å²) < 4.78 is 5.21. The van der Waals surface area contributed by atoms with Gasteiger partial charge in [0.1, 0.15) is 0 Å². The van der Waals surface area contributed by atoms with Crippen LogP contribution in [0, 0.1) is 0 Å². The fourth-order valence-electron chi connectivity index (χ4n) is 1.34. The van der Waals surface area contributed by atoms with Crippen molar-refractivity contribution in [1.29, 1.82) is 0 Å². The van der Waals surface area contributed by atoms with E-state index in [9.17, 15) is 0 Å². The molecule has 0 bridgehead atoms. The summed E-state index contributed by atoms with van der Waals surface area (Å²) in [6.45, 7) is 2.90. The Morgan fingerprint density at radius 1 is 1.60 bits per heavy atom. The summed E-state index contributed by atoms with van der Waals surface area (Å²) in [4.78, 5) is 4.36. The molecule has 0 fully saturated rings. The minimum Gasteiger partial charge on any atom is -0.339 e. The van der Waals surface area contributed by atoms with Crippen molar-refractivity contribution in [3.05, 3.63) is 22.7 Å². The summed E-state index contributed by atoms with van der Waals surface area (Å²) in [6.07, 6.45) is 0. The van der Waals surface area contributed by atoms with Crippen LogP contribution in [0.25, 0.3) is 11.4 Å². The quantitative estimate of drug-likeness (QED) is 0.862. The summed E-state index contributed by atoms with van der Waals surface area (Å²) in [5.41, 5.74) is 1.02. The maximum atomic E-state index is 5.21. The van der Waals surface area contributed by atoms with Crippen molar-refractivity contribution in [3.63, 3.8) is 0 Å². The van der Waals surface area contributed by atoms with Crippen LogP contribution in [0.1, 0.15) is 18.7 Å². The second-order valence-corrected chi connectivity index (χ2v) is 4.21. The predicted octanol–water partition coefficient (Wildman–Crippen LogP) is 2.12. The van der Waals surface area contributed by atoms with Gasteiger partial charge in [-0.15, -0.1) is 0 Å². The minimum absolute atomic E-state index is 0.245.